The minimum absolute atomic E-state index is 0.436. The summed E-state index contributed by atoms with van der Waals surface area (Å²) in [4.78, 5) is 3.89. The van der Waals surface area contributed by atoms with Crippen molar-refractivity contribution in [2.45, 2.75) is 0 Å². The lowest BCUT2D eigenvalue weighted by atomic mass is 10.3. The van der Waals surface area contributed by atoms with Gasteiger partial charge in [0.15, 0.2) is 0 Å². The van der Waals surface area contributed by atoms with Crippen LogP contribution in [0.3, 0.4) is 0 Å². The second-order valence-electron chi connectivity index (χ2n) is 1.58. The molecule has 0 aromatic carbocycles. The highest BCUT2D eigenvalue weighted by atomic mass is 127. The fraction of sp³-hybridized carbons (Fsp3) is 0. The first kappa shape index (κ1) is 7.76. The highest BCUT2D eigenvalue weighted by molar-refractivity contribution is 14.1. The molecule has 50 valence electrons. The molecular weight excluding hydrogens is 262 g/mol. The van der Waals surface area contributed by atoms with Crippen LogP contribution in [0.15, 0.2) is 12.3 Å². The van der Waals surface area contributed by atoms with Gasteiger partial charge in [0.05, 0.1) is 10.6 Å². The Hall–Kier alpha value is -0.340. The summed E-state index contributed by atoms with van der Waals surface area (Å²) in [5.74, 6) is 0. The van der Waals surface area contributed by atoms with Gasteiger partial charge in [-0.15, -0.1) is 0 Å². The normalized spacial score (nSPS) is 8.90. The molecule has 0 aliphatic heterocycles. The van der Waals surface area contributed by atoms with Gasteiger partial charge in [0.2, 0.25) is 0 Å². The maximum absolute atomic E-state index is 8.48. The molecule has 0 bridgehead atoms. The second-order valence-corrected chi connectivity index (χ2v) is 2.97. The van der Waals surface area contributed by atoms with Crippen LogP contribution in [-0.4, -0.2) is 4.98 Å². The van der Waals surface area contributed by atoms with Crippen LogP contribution in [0.5, 0.6) is 0 Å². The third-order valence-electron chi connectivity index (χ3n) is 0.967. The van der Waals surface area contributed by atoms with Crippen LogP contribution in [0.4, 0.5) is 0 Å². The van der Waals surface area contributed by atoms with E-state index in [9.17, 15) is 0 Å². The summed E-state index contributed by atoms with van der Waals surface area (Å²) in [5, 5.41) is 8.91. The predicted molar refractivity (Wildman–Crippen MR) is 46.7 cm³/mol. The average Bonchev–Trinajstić information content (AvgIpc) is 1.95. The Labute approximate surface area is 77.0 Å². The fourth-order valence-electron chi connectivity index (χ4n) is 0.505. The molecular formula is C6H2ClIN2. The summed E-state index contributed by atoms with van der Waals surface area (Å²) in [7, 11) is 0. The van der Waals surface area contributed by atoms with Gasteiger partial charge >= 0.3 is 0 Å². The van der Waals surface area contributed by atoms with Crippen LogP contribution >= 0.6 is 34.2 Å². The van der Waals surface area contributed by atoms with Gasteiger partial charge in [0, 0.05) is 6.20 Å². The van der Waals surface area contributed by atoms with Crippen molar-refractivity contribution in [3.63, 3.8) is 0 Å². The smallest absolute Gasteiger partial charge is 0.121 e. The Morgan fingerprint density at radius 1 is 1.70 bits per heavy atom. The Bertz CT molecular complexity index is 292. The molecule has 2 nitrogen and oxygen atoms in total. The maximum atomic E-state index is 8.48. The second kappa shape index (κ2) is 3.17. The lowest BCUT2D eigenvalue weighted by Gasteiger charge is -1.93. The van der Waals surface area contributed by atoms with E-state index in [0.29, 0.717) is 14.3 Å². The summed E-state index contributed by atoms with van der Waals surface area (Å²) in [6, 6.07) is 3.55. The van der Waals surface area contributed by atoms with Crippen molar-refractivity contribution in [3.05, 3.63) is 26.5 Å². The molecule has 0 fully saturated rings. The molecule has 0 spiro atoms. The monoisotopic (exact) mass is 264 g/mol. The zero-order chi connectivity index (χ0) is 7.56. The van der Waals surface area contributed by atoms with Crippen LogP contribution in [0.2, 0.25) is 5.02 Å². The largest absolute Gasteiger partial charge is 0.249 e. The molecule has 1 rings (SSSR count). The molecule has 1 heterocycles. The number of nitrogens with zero attached hydrogens (tertiary/aromatic N) is 2. The summed E-state index contributed by atoms with van der Waals surface area (Å²) in [6.45, 7) is 0. The van der Waals surface area contributed by atoms with Gasteiger partial charge in [0.1, 0.15) is 9.77 Å². The van der Waals surface area contributed by atoms with Gasteiger partial charge in [-0.2, -0.15) is 5.26 Å². The number of aromatic nitrogens is 1. The van der Waals surface area contributed by atoms with Gasteiger partial charge in [0.25, 0.3) is 0 Å². The van der Waals surface area contributed by atoms with Gasteiger partial charge in [-0.05, 0) is 28.7 Å². The number of rotatable bonds is 0. The molecule has 0 saturated carbocycles. The van der Waals surface area contributed by atoms with E-state index in [4.69, 9.17) is 16.9 Å². The Balaban J connectivity index is 3.31. The van der Waals surface area contributed by atoms with Crippen molar-refractivity contribution >= 4 is 34.2 Å². The van der Waals surface area contributed by atoms with E-state index in [1.165, 1.54) is 0 Å². The lowest BCUT2D eigenvalue weighted by Crippen LogP contribution is -1.84. The first-order valence-electron chi connectivity index (χ1n) is 2.46. The van der Waals surface area contributed by atoms with Crippen LogP contribution < -0.4 is 0 Å². The van der Waals surface area contributed by atoms with E-state index < -0.39 is 0 Å². The average molecular weight is 264 g/mol. The predicted octanol–water partition coefficient (Wildman–Crippen LogP) is 2.21. The molecule has 0 aliphatic carbocycles. The summed E-state index contributed by atoms with van der Waals surface area (Å²) in [5.41, 5.74) is 0.473. The molecule has 0 aliphatic rings. The summed E-state index contributed by atoms with van der Waals surface area (Å²) < 4.78 is 0.665. The molecule has 0 amide bonds. The topological polar surface area (TPSA) is 36.7 Å². The molecule has 4 heteroatoms. The number of hydrogen-bond acceptors (Lipinski definition) is 2. The number of halogens is 2. The van der Waals surface area contributed by atoms with Crippen LogP contribution in [0, 0.1) is 15.0 Å². The van der Waals surface area contributed by atoms with Crippen molar-refractivity contribution in [2.24, 2.45) is 0 Å². The van der Waals surface area contributed by atoms with E-state index in [2.05, 4.69) is 4.98 Å². The summed E-state index contributed by atoms with van der Waals surface area (Å²) in [6.07, 6.45) is 1.56. The van der Waals surface area contributed by atoms with Crippen molar-refractivity contribution in [1.29, 1.82) is 5.26 Å². The minimum atomic E-state index is 0.436. The number of hydrogen-bond donors (Lipinski definition) is 0. The number of pyridine rings is 1. The first-order chi connectivity index (χ1) is 4.75. The molecule has 10 heavy (non-hydrogen) atoms. The fourth-order valence-corrected chi connectivity index (χ4v) is 1.11. The SMILES string of the molecule is N#Cc1ccnc(I)c1Cl. The molecule has 0 saturated heterocycles. The quantitative estimate of drug-likeness (QED) is 0.532. The van der Waals surface area contributed by atoms with Gasteiger partial charge in [-0.3, -0.25) is 0 Å². The first-order valence-corrected chi connectivity index (χ1v) is 3.91. The van der Waals surface area contributed by atoms with Crippen LogP contribution in [-0.2, 0) is 0 Å². The van der Waals surface area contributed by atoms with E-state index >= 15 is 0 Å². The Kier molecular flexibility index (Phi) is 2.46. The molecule has 1 aromatic heterocycles. The number of nitriles is 1. The zero-order valence-electron chi connectivity index (χ0n) is 4.81. The van der Waals surface area contributed by atoms with Gasteiger partial charge in [-0.25, -0.2) is 4.98 Å². The van der Waals surface area contributed by atoms with E-state index in [0.717, 1.165) is 0 Å². The minimum Gasteiger partial charge on any atom is -0.249 e. The third-order valence-corrected chi connectivity index (χ3v) is 2.49. The molecule has 0 atom stereocenters. The van der Waals surface area contributed by atoms with Gasteiger partial charge < -0.3 is 0 Å². The third kappa shape index (κ3) is 1.39. The summed E-state index contributed by atoms with van der Waals surface area (Å²) >= 11 is 7.68. The Morgan fingerprint density at radius 3 is 2.90 bits per heavy atom. The van der Waals surface area contributed by atoms with Crippen LogP contribution in [0.1, 0.15) is 5.56 Å². The van der Waals surface area contributed by atoms with Crippen molar-refractivity contribution in [2.75, 3.05) is 0 Å². The molecule has 0 unspecified atom stereocenters. The standard InChI is InChI=1S/C6H2ClIN2/c7-5-4(3-9)1-2-10-6(5)8/h1-2H. The Morgan fingerprint density at radius 2 is 2.40 bits per heavy atom. The van der Waals surface area contributed by atoms with E-state index in [-0.39, 0.29) is 0 Å². The maximum Gasteiger partial charge on any atom is 0.121 e. The van der Waals surface area contributed by atoms with Crippen LogP contribution in [0.25, 0.3) is 0 Å². The molecule has 1 aromatic rings. The van der Waals surface area contributed by atoms with Crippen molar-refractivity contribution in [1.82, 2.24) is 4.98 Å². The van der Waals surface area contributed by atoms with Gasteiger partial charge in [-0.1, -0.05) is 11.6 Å². The van der Waals surface area contributed by atoms with E-state index in [1.54, 1.807) is 12.3 Å². The highest BCUT2D eigenvalue weighted by Crippen LogP contribution is 2.18. The van der Waals surface area contributed by atoms with E-state index in [1.807, 2.05) is 28.7 Å². The molecule has 0 radical (unpaired) electrons. The van der Waals surface area contributed by atoms with Crippen molar-refractivity contribution in [3.8, 4) is 6.07 Å². The van der Waals surface area contributed by atoms with Crippen molar-refractivity contribution < 1.29 is 0 Å². The highest BCUT2D eigenvalue weighted by Gasteiger charge is 2.01. The lowest BCUT2D eigenvalue weighted by molar-refractivity contribution is 1.26. The zero-order valence-corrected chi connectivity index (χ0v) is 7.72. The molecule has 0 N–H and O–H groups in total.